The molecule has 0 aliphatic carbocycles. The maximum Gasteiger partial charge on any atom is 0.338 e. The number of esters is 1. The summed E-state index contributed by atoms with van der Waals surface area (Å²) in [6, 6.07) is 9.12. The third-order valence-electron chi connectivity index (χ3n) is 3.09. The summed E-state index contributed by atoms with van der Waals surface area (Å²) in [5, 5.41) is 0. The van der Waals surface area contributed by atoms with E-state index < -0.39 is 0 Å². The molecule has 18 heavy (non-hydrogen) atoms. The fraction of sp³-hybridized carbons (Fsp3) is 0.500. The van der Waals surface area contributed by atoms with Gasteiger partial charge in [-0.2, -0.15) is 0 Å². The number of benzene rings is 1. The highest BCUT2D eigenvalue weighted by Gasteiger charge is 2.19. The first kappa shape index (κ1) is 13.1. The fourth-order valence-corrected chi connectivity index (χ4v) is 2.14. The van der Waals surface area contributed by atoms with Crippen molar-refractivity contribution in [3.05, 3.63) is 35.9 Å². The lowest BCUT2D eigenvalue weighted by Crippen LogP contribution is -3.15. The van der Waals surface area contributed by atoms with E-state index in [-0.39, 0.29) is 12.1 Å². The standard InChI is InChI=1S/C14H19NO3/c1-12(11-15-7-9-17-10-8-15)18-14(16)13-5-3-2-4-6-13/h2-6,12H,7-11H2,1H3/p+1/t12-/m1/s1. The highest BCUT2D eigenvalue weighted by Crippen LogP contribution is 2.02. The second-order valence-corrected chi connectivity index (χ2v) is 4.65. The Balaban J connectivity index is 1.80. The van der Waals surface area contributed by atoms with Gasteiger partial charge in [-0.15, -0.1) is 0 Å². The van der Waals surface area contributed by atoms with E-state index in [1.807, 2.05) is 25.1 Å². The predicted octanol–water partition coefficient (Wildman–Crippen LogP) is 0.147. The Kier molecular flexibility index (Phi) is 4.73. The molecular weight excluding hydrogens is 230 g/mol. The minimum Gasteiger partial charge on any atom is -0.453 e. The molecule has 0 amide bonds. The first-order chi connectivity index (χ1) is 8.75. The fourth-order valence-electron chi connectivity index (χ4n) is 2.14. The first-order valence-electron chi connectivity index (χ1n) is 6.43. The van der Waals surface area contributed by atoms with E-state index in [1.165, 1.54) is 4.90 Å². The van der Waals surface area contributed by atoms with Gasteiger partial charge < -0.3 is 14.4 Å². The van der Waals surface area contributed by atoms with Crippen LogP contribution in [0.5, 0.6) is 0 Å². The molecule has 1 heterocycles. The van der Waals surface area contributed by atoms with Gasteiger partial charge >= 0.3 is 5.97 Å². The van der Waals surface area contributed by atoms with Crippen LogP contribution in [0, 0.1) is 0 Å². The molecule has 0 spiro atoms. The number of carbonyl (C=O) groups excluding carboxylic acids is 1. The summed E-state index contributed by atoms with van der Waals surface area (Å²) in [7, 11) is 0. The Bertz CT molecular complexity index is 374. The Morgan fingerprint density at radius 1 is 1.33 bits per heavy atom. The van der Waals surface area contributed by atoms with Crippen molar-refractivity contribution in [2.75, 3.05) is 32.8 Å². The highest BCUT2D eigenvalue weighted by atomic mass is 16.5. The summed E-state index contributed by atoms with van der Waals surface area (Å²) in [6.07, 6.45) is -0.0641. The van der Waals surface area contributed by atoms with Crippen LogP contribution in [0.1, 0.15) is 17.3 Å². The molecule has 0 aromatic heterocycles. The number of carbonyl (C=O) groups is 1. The molecule has 0 radical (unpaired) electrons. The molecule has 2 rings (SSSR count). The van der Waals surface area contributed by atoms with Crippen LogP contribution >= 0.6 is 0 Å². The van der Waals surface area contributed by atoms with Gasteiger partial charge in [0.25, 0.3) is 0 Å². The number of morpholine rings is 1. The minimum atomic E-state index is -0.240. The number of hydrogen-bond acceptors (Lipinski definition) is 3. The Labute approximate surface area is 107 Å². The van der Waals surface area contributed by atoms with Crippen molar-refractivity contribution >= 4 is 5.97 Å². The average Bonchev–Trinajstić information content (AvgIpc) is 2.40. The number of ether oxygens (including phenoxy) is 2. The normalized spacial score (nSPS) is 18.3. The zero-order chi connectivity index (χ0) is 12.8. The Morgan fingerprint density at radius 3 is 2.67 bits per heavy atom. The van der Waals surface area contributed by atoms with Crippen LogP contribution in [-0.4, -0.2) is 44.9 Å². The van der Waals surface area contributed by atoms with Gasteiger partial charge in [0, 0.05) is 0 Å². The van der Waals surface area contributed by atoms with E-state index in [1.54, 1.807) is 12.1 Å². The molecule has 1 aromatic carbocycles. The van der Waals surface area contributed by atoms with Crippen molar-refractivity contribution < 1.29 is 19.2 Å². The second kappa shape index (κ2) is 6.52. The van der Waals surface area contributed by atoms with Gasteiger partial charge in [0.15, 0.2) is 0 Å². The molecular formula is C14H20NO3+. The van der Waals surface area contributed by atoms with E-state index in [9.17, 15) is 4.79 Å². The molecule has 98 valence electrons. The van der Waals surface area contributed by atoms with Gasteiger partial charge in [-0.1, -0.05) is 18.2 Å². The average molecular weight is 250 g/mol. The van der Waals surface area contributed by atoms with Crippen LogP contribution < -0.4 is 4.90 Å². The lowest BCUT2D eigenvalue weighted by molar-refractivity contribution is -0.910. The summed E-state index contributed by atoms with van der Waals surface area (Å²) in [5.74, 6) is -0.240. The lowest BCUT2D eigenvalue weighted by Gasteiger charge is -2.26. The van der Waals surface area contributed by atoms with Crippen LogP contribution in [0.4, 0.5) is 0 Å². The third-order valence-corrected chi connectivity index (χ3v) is 3.09. The lowest BCUT2D eigenvalue weighted by atomic mass is 10.2. The monoisotopic (exact) mass is 250 g/mol. The van der Waals surface area contributed by atoms with Gasteiger partial charge in [-0.3, -0.25) is 0 Å². The van der Waals surface area contributed by atoms with Gasteiger partial charge in [0.05, 0.1) is 18.8 Å². The molecule has 4 nitrogen and oxygen atoms in total. The summed E-state index contributed by atoms with van der Waals surface area (Å²) < 4.78 is 10.7. The van der Waals surface area contributed by atoms with E-state index in [2.05, 4.69) is 0 Å². The largest absolute Gasteiger partial charge is 0.453 e. The Morgan fingerprint density at radius 2 is 2.00 bits per heavy atom. The molecule has 1 fully saturated rings. The topological polar surface area (TPSA) is 40.0 Å². The quantitative estimate of drug-likeness (QED) is 0.773. The van der Waals surface area contributed by atoms with Crippen LogP contribution in [0.2, 0.25) is 0 Å². The van der Waals surface area contributed by atoms with Crippen molar-refractivity contribution in [3.8, 4) is 0 Å². The molecule has 0 unspecified atom stereocenters. The third kappa shape index (κ3) is 3.82. The summed E-state index contributed by atoms with van der Waals surface area (Å²) in [4.78, 5) is 13.3. The van der Waals surface area contributed by atoms with Crippen LogP contribution in [0.25, 0.3) is 0 Å². The maximum absolute atomic E-state index is 11.8. The summed E-state index contributed by atoms with van der Waals surface area (Å²) in [6.45, 7) is 6.38. The summed E-state index contributed by atoms with van der Waals surface area (Å²) >= 11 is 0. The van der Waals surface area contributed by atoms with E-state index >= 15 is 0 Å². The molecule has 1 aliphatic rings. The van der Waals surface area contributed by atoms with Crippen LogP contribution in [0.3, 0.4) is 0 Å². The van der Waals surface area contributed by atoms with Crippen molar-refractivity contribution in [1.29, 1.82) is 0 Å². The van der Waals surface area contributed by atoms with Gasteiger partial charge in [-0.05, 0) is 19.1 Å². The molecule has 1 N–H and O–H groups in total. The van der Waals surface area contributed by atoms with E-state index in [4.69, 9.17) is 9.47 Å². The van der Waals surface area contributed by atoms with Gasteiger partial charge in [0.2, 0.25) is 0 Å². The minimum absolute atomic E-state index is 0.0641. The van der Waals surface area contributed by atoms with Gasteiger partial charge in [0.1, 0.15) is 25.7 Å². The molecule has 0 saturated carbocycles. The van der Waals surface area contributed by atoms with E-state index in [0.29, 0.717) is 5.56 Å². The smallest absolute Gasteiger partial charge is 0.338 e. The molecule has 1 aromatic rings. The zero-order valence-electron chi connectivity index (χ0n) is 10.7. The van der Waals surface area contributed by atoms with Crippen molar-refractivity contribution in [1.82, 2.24) is 0 Å². The molecule has 0 bridgehead atoms. The first-order valence-corrected chi connectivity index (χ1v) is 6.43. The molecule has 1 saturated heterocycles. The van der Waals surface area contributed by atoms with E-state index in [0.717, 1.165) is 32.8 Å². The highest BCUT2D eigenvalue weighted by molar-refractivity contribution is 5.89. The molecule has 4 heteroatoms. The summed E-state index contributed by atoms with van der Waals surface area (Å²) in [5.41, 5.74) is 0.612. The Hall–Kier alpha value is -1.39. The van der Waals surface area contributed by atoms with Gasteiger partial charge in [-0.25, -0.2) is 4.79 Å². The number of quaternary nitrogens is 1. The number of rotatable bonds is 4. The SMILES string of the molecule is C[C@H](C[NH+]1CCOCC1)OC(=O)c1ccccc1. The van der Waals surface area contributed by atoms with Crippen LogP contribution in [0.15, 0.2) is 30.3 Å². The number of nitrogens with one attached hydrogen (secondary N) is 1. The van der Waals surface area contributed by atoms with Crippen LogP contribution in [-0.2, 0) is 9.47 Å². The molecule has 1 aliphatic heterocycles. The maximum atomic E-state index is 11.8. The van der Waals surface area contributed by atoms with Crippen molar-refractivity contribution in [3.63, 3.8) is 0 Å². The zero-order valence-corrected chi connectivity index (χ0v) is 10.7. The predicted molar refractivity (Wildman–Crippen MR) is 67.7 cm³/mol. The molecule has 1 atom stereocenters. The van der Waals surface area contributed by atoms with Crippen molar-refractivity contribution in [2.24, 2.45) is 0 Å². The number of hydrogen-bond donors (Lipinski definition) is 1. The van der Waals surface area contributed by atoms with Crippen molar-refractivity contribution in [2.45, 2.75) is 13.0 Å². The second-order valence-electron chi connectivity index (χ2n) is 4.65.